The van der Waals surface area contributed by atoms with Crippen molar-refractivity contribution in [1.29, 1.82) is 0 Å². The van der Waals surface area contributed by atoms with E-state index in [9.17, 15) is 9.59 Å². The minimum absolute atomic E-state index is 0.200. The Hall–Kier alpha value is -3.74. The number of carboxylic acid groups (broad SMARTS) is 1. The number of hydrogen-bond acceptors (Lipinski definition) is 5. The Morgan fingerprint density at radius 3 is 2.55 bits per heavy atom. The summed E-state index contributed by atoms with van der Waals surface area (Å²) in [5, 5.41) is 11.8. The van der Waals surface area contributed by atoms with Crippen molar-refractivity contribution in [3.63, 3.8) is 0 Å². The van der Waals surface area contributed by atoms with Crippen LogP contribution in [0, 0.1) is 5.92 Å². The number of oxazole rings is 1. The summed E-state index contributed by atoms with van der Waals surface area (Å²) < 4.78 is 5.64. The van der Waals surface area contributed by atoms with E-state index in [-0.39, 0.29) is 12.3 Å². The molecule has 1 aliphatic rings. The zero-order chi connectivity index (χ0) is 28.0. The molecular formula is C33H41N3O4. The molecule has 2 aromatic heterocycles. The van der Waals surface area contributed by atoms with Crippen LogP contribution in [0.2, 0.25) is 0 Å². The number of aliphatic carboxylic acids is 1. The summed E-state index contributed by atoms with van der Waals surface area (Å²) >= 11 is 0. The molecule has 4 rings (SSSR count). The SMILES string of the molecule is O=C(O)CCCCCC=C(c1ccc(-c2nc(C(=O)NCCCCC3CCCCC3)co2)cc1)c1cccnc1. The Kier molecular flexibility index (Phi) is 11.5. The highest BCUT2D eigenvalue weighted by molar-refractivity contribution is 5.92. The van der Waals surface area contributed by atoms with Crippen molar-refractivity contribution in [3.8, 4) is 11.5 Å². The van der Waals surface area contributed by atoms with Crippen LogP contribution < -0.4 is 5.32 Å². The topological polar surface area (TPSA) is 105 Å². The van der Waals surface area contributed by atoms with Gasteiger partial charge in [0.2, 0.25) is 5.89 Å². The molecule has 1 aliphatic carbocycles. The number of carbonyl (C=O) groups excluding carboxylic acids is 1. The van der Waals surface area contributed by atoms with Crippen LogP contribution in [0.25, 0.3) is 17.0 Å². The van der Waals surface area contributed by atoms with E-state index >= 15 is 0 Å². The van der Waals surface area contributed by atoms with Crippen molar-refractivity contribution in [2.24, 2.45) is 5.92 Å². The summed E-state index contributed by atoms with van der Waals surface area (Å²) in [7, 11) is 0. The third kappa shape index (κ3) is 9.18. The van der Waals surface area contributed by atoms with E-state index in [0.717, 1.165) is 60.3 Å². The molecule has 0 aliphatic heterocycles. The molecule has 1 amide bonds. The fourth-order valence-corrected chi connectivity index (χ4v) is 5.40. The molecule has 0 atom stereocenters. The van der Waals surface area contributed by atoms with Crippen molar-refractivity contribution in [2.45, 2.75) is 83.5 Å². The molecule has 0 spiro atoms. The Morgan fingerprint density at radius 1 is 0.975 bits per heavy atom. The van der Waals surface area contributed by atoms with Crippen LogP contribution in [0.1, 0.15) is 105 Å². The average molecular weight is 544 g/mol. The molecule has 0 radical (unpaired) electrons. The number of allylic oxidation sites excluding steroid dienone is 1. The molecule has 0 saturated heterocycles. The molecule has 2 N–H and O–H groups in total. The summed E-state index contributed by atoms with van der Waals surface area (Å²) in [5.74, 6) is 0.347. The molecule has 2 heterocycles. The summed E-state index contributed by atoms with van der Waals surface area (Å²) in [4.78, 5) is 32.0. The van der Waals surface area contributed by atoms with Gasteiger partial charge in [0.15, 0.2) is 5.69 Å². The number of amides is 1. The van der Waals surface area contributed by atoms with Crippen molar-refractivity contribution in [2.75, 3.05) is 6.54 Å². The van der Waals surface area contributed by atoms with Crippen molar-refractivity contribution >= 4 is 17.4 Å². The molecule has 212 valence electrons. The van der Waals surface area contributed by atoms with Crippen LogP contribution in [-0.2, 0) is 4.79 Å². The fraction of sp³-hybridized carbons (Fsp3) is 0.455. The maximum atomic E-state index is 12.6. The molecule has 1 saturated carbocycles. The van der Waals surface area contributed by atoms with Gasteiger partial charge in [0, 0.05) is 36.5 Å². The Labute approximate surface area is 237 Å². The number of carboxylic acids is 1. The maximum Gasteiger partial charge on any atom is 0.303 e. The van der Waals surface area contributed by atoms with Crippen LogP contribution in [0.15, 0.2) is 65.5 Å². The van der Waals surface area contributed by atoms with Gasteiger partial charge in [-0.2, -0.15) is 0 Å². The van der Waals surface area contributed by atoms with E-state index in [4.69, 9.17) is 9.52 Å². The standard InChI is InChI=1S/C33H41N3O4/c37-31(38)16-7-2-1-6-15-29(28-14-10-21-34-23-28)26-17-19-27(20-18-26)33-36-30(24-40-33)32(39)35-22-9-8-13-25-11-4-3-5-12-25/h10,14-15,17-21,23-25H,1-9,11-13,16,22H2,(H,35,39)(H,37,38). The molecule has 1 aromatic carbocycles. The second-order valence-corrected chi connectivity index (χ2v) is 10.7. The number of hydrogen-bond donors (Lipinski definition) is 2. The Bertz CT molecular complexity index is 1230. The van der Waals surface area contributed by atoms with Crippen LogP contribution in [0.5, 0.6) is 0 Å². The first-order chi connectivity index (χ1) is 19.6. The van der Waals surface area contributed by atoms with Crippen LogP contribution in [0.4, 0.5) is 0 Å². The largest absolute Gasteiger partial charge is 0.481 e. The van der Waals surface area contributed by atoms with Crippen LogP contribution in [-0.4, -0.2) is 33.5 Å². The Balaban J connectivity index is 1.31. The van der Waals surface area contributed by atoms with E-state index in [1.807, 2.05) is 42.6 Å². The summed E-state index contributed by atoms with van der Waals surface area (Å²) in [6.45, 7) is 0.658. The molecule has 7 heteroatoms. The van der Waals surface area contributed by atoms with Gasteiger partial charge in [0.1, 0.15) is 6.26 Å². The predicted octanol–water partition coefficient (Wildman–Crippen LogP) is 7.68. The summed E-state index contributed by atoms with van der Waals surface area (Å²) in [6.07, 6.45) is 21.1. The second-order valence-electron chi connectivity index (χ2n) is 10.7. The molecular weight excluding hydrogens is 502 g/mol. The highest BCUT2D eigenvalue weighted by atomic mass is 16.4. The van der Waals surface area contributed by atoms with Gasteiger partial charge in [0.05, 0.1) is 0 Å². The second kappa shape index (κ2) is 15.8. The molecule has 40 heavy (non-hydrogen) atoms. The number of aromatic nitrogens is 2. The smallest absolute Gasteiger partial charge is 0.303 e. The van der Waals surface area contributed by atoms with E-state index in [0.29, 0.717) is 24.6 Å². The first-order valence-electron chi connectivity index (χ1n) is 14.8. The van der Waals surface area contributed by atoms with E-state index in [1.165, 1.54) is 44.8 Å². The monoisotopic (exact) mass is 543 g/mol. The van der Waals surface area contributed by atoms with Crippen molar-refractivity contribution < 1.29 is 19.1 Å². The van der Waals surface area contributed by atoms with Gasteiger partial charge in [-0.25, -0.2) is 4.98 Å². The Morgan fingerprint density at radius 2 is 1.80 bits per heavy atom. The number of carbonyl (C=O) groups is 2. The summed E-state index contributed by atoms with van der Waals surface area (Å²) in [5.41, 5.74) is 4.24. The zero-order valence-corrected chi connectivity index (χ0v) is 23.3. The molecule has 7 nitrogen and oxygen atoms in total. The molecule has 0 bridgehead atoms. The van der Waals surface area contributed by atoms with Gasteiger partial charge in [-0.05, 0) is 60.9 Å². The lowest BCUT2D eigenvalue weighted by Gasteiger charge is -2.21. The number of rotatable bonds is 15. The highest BCUT2D eigenvalue weighted by Crippen LogP contribution is 2.28. The van der Waals surface area contributed by atoms with Gasteiger partial charge < -0.3 is 14.8 Å². The first kappa shape index (κ1) is 29.2. The minimum atomic E-state index is -0.745. The normalized spacial score (nSPS) is 14.2. The van der Waals surface area contributed by atoms with Crippen LogP contribution >= 0.6 is 0 Å². The number of unbranched alkanes of at least 4 members (excludes halogenated alkanes) is 4. The van der Waals surface area contributed by atoms with Crippen LogP contribution in [0.3, 0.4) is 0 Å². The fourth-order valence-electron chi connectivity index (χ4n) is 5.40. The van der Waals surface area contributed by atoms with Gasteiger partial charge in [-0.3, -0.25) is 14.6 Å². The number of benzene rings is 1. The predicted molar refractivity (Wildman–Crippen MR) is 157 cm³/mol. The molecule has 0 unspecified atom stereocenters. The van der Waals surface area contributed by atoms with Gasteiger partial charge >= 0.3 is 5.97 Å². The molecule has 3 aromatic rings. The lowest BCUT2D eigenvalue weighted by Crippen LogP contribution is -2.24. The molecule has 1 fully saturated rings. The maximum absolute atomic E-state index is 12.6. The summed E-state index contributed by atoms with van der Waals surface area (Å²) in [6, 6.07) is 11.9. The van der Waals surface area contributed by atoms with Gasteiger partial charge in [-0.15, -0.1) is 0 Å². The van der Waals surface area contributed by atoms with Crippen molar-refractivity contribution in [3.05, 3.63) is 78.0 Å². The van der Waals surface area contributed by atoms with Crippen molar-refractivity contribution in [1.82, 2.24) is 15.3 Å². The lowest BCUT2D eigenvalue weighted by atomic mass is 9.86. The van der Waals surface area contributed by atoms with E-state index in [2.05, 4.69) is 21.4 Å². The highest BCUT2D eigenvalue weighted by Gasteiger charge is 2.15. The third-order valence-electron chi connectivity index (χ3n) is 7.64. The minimum Gasteiger partial charge on any atom is -0.481 e. The number of nitrogens with one attached hydrogen (secondary N) is 1. The van der Waals surface area contributed by atoms with Gasteiger partial charge in [-0.1, -0.05) is 75.6 Å². The lowest BCUT2D eigenvalue weighted by molar-refractivity contribution is -0.137. The average Bonchev–Trinajstić information content (AvgIpc) is 3.48. The van der Waals surface area contributed by atoms with Gasteiger partial charge in [0.25, 0.3) is 5.91 Å². The van der Waals surface area contributed by atoms with E-state index in [1.54, 1.807) is 6.20 Å². The number of pyridine rings is 1. The quantitative estimate of drug-likeness (QED) is 0.190. The number of nitrogens with zero attached hydrogens (tertiary/aromatic N) is 2. The van der Waals surface area contributed by atoms with E-state index < -0.39 is 5.97 Å². The zero-order valence-electron chi connectivity index (χ0n) is 23.3. The first-order valence-corrected chi connectivity index (χ1v) is 14.8. The third-order valence-corrected chi connectivity index (χ3v) is 7.64.